The third-order valence-electron chi connectivity index (χ3n) is 5.29. The van der Waals surface area contributed by atoms with Gasteiger partial charge in [0.2, 0.25) is 17.4 Å². The van der Waals surface area contributed by atoms with Crippen molar-refractivity contribution in [1.82, 2.24) is 4.90 Å². The van der Waals surface area contributed by atoms with Crippen LogP contribution in [0.25, 0.3) is 0 Å². The zero-order valence-electron chi connectivity index (χ0n) is 14.5. The number of nitrogens with zero attached hydrogens (tertiary/aromatic N) is 1. The highest BCUT2D eigenvalue weighted by Crippen LogP contribution is 2.44. The molecule has 2 aliphatic rings. The fourth-order valence-corrected chi connectivity index (χ4v) is 4.23. The third-order valence-corrected chi connectivity index (χ3v) is 5.54. The molecule has 2 fully saturated rings. The van der Waals surface area contributed by atoms with E-state index in [0.29, 0.717) is 11.6 Å². The molecule has 25 heavy (non-hydrogen) atoms. The lowest BCUT2D eigenvalue weighted by Crippen LogP contribution is -2.97. The quantitative estimate of drug-likeness (QED) is 0.635. The van der Waals surface area contributed by atoms with Crippen molar-refractivity contribution in [1.29, 1.82) is 0 Å². The molecule has 0 aliphatic carbocycles. The van der Waals surface area contributed by atoms with Gasteiger partial charge in [0.25, 0.3) is 0 Å². The number of hydrogen-bond acceptors (Lipinski definition) is 4. The van der Waals surface area contributed by atoms with E-state index in [1.165, 1.54) is 4.90 Å². The van der Waals surface area contributed by atoms with Crippen LogP contribution in [0.2, 0.25) is 5.02 Å². The average molecular weight is 366 g/mol. The Labute approximate surface area is 151 Å². The van der Waals surface area contributed by atoms with Crippen molar-refractivity contribution >= 4 is 29.4 Å². The molecule has 0 spiro atoms. The SMILES string of the molecule is CCOC(=O)[C@]1(C)[NH2+][C@H](c2ccc(Cl)cc2)[C@H]2C(=O)N(CC)C(=O)[C@@H]21. The van der Waals surface area contributed by atoms with Crippen LogP contribution in [0.3, 0.4) is 0 Å². The van der Waals surface area contributed by atoms with E-state index in [-0.39, 0.29) is 24.5 Å². The van der Waals surface area contributed by atoms with Crippen LogP contribution in [0.15, 0.2) is 24.3 Å². The molecule has 3 rings (SSSR count). The summed E-state index contributed by atoms with van der Waals surface area (Å²) in [5, 5.41) is 2.40. The minimum Gasteiger partial charge on any atom is -0.461 e. The Balaban J connectivity index is 2.07. The van der Waals surface area contributed by atoms with Crippen LogP contribution in [-0.2, 0) is 19.1 Å². The van der Waals surface area contributed by atoms with E-state index in [1.54, 1.807) is 32.9 Å². The van der Waals surface area contributed by atoms with Gasteiger partial charge in [0.05, 0.1) is 6.61 Å². The summed E-state index contributed by atoms with van der Waals surface area (Å²) in [6.45, 7) is 5.72. The number of nitrogens with two attached hydrogens (primary N) is 1. The molecule has 4 atom stereocenters. The largest absolute Gasteiger partial charge is 0.461 e. The van der Waals surface area contributed by atoms with Gasteiger partial charge in [0, 0.05) is 24.1 Å². The summed E-state index contributed by atoms with van der Waals surface area (Å²) in [5.74, 6) is -2.27. The number of carbonyl (C=O) groups is 3. The molecule has 1 aromatic rings. The molecule has 0 saturated carbocycles. The van der Waals surface area contributed by atoms with Crippen molar-refractivity contribution in [2.24, 2.45) is 11.8 Å². The van der Waals surface area contributed by atoms with Gasteiger partial charge in [0.1, 0.15) is 17.9 Å². The van der Waals surface area contributed by atoms with Gasteiger partial charge in [-0.1, -0.05) is 23.7 Å². The minimum atomic E-state index is -1.12. The molecule has 6 nitrogen and oxygen atoms in total. The number of halogens is 1. The van der Waals surface area contributed by atoms with Crippen molar-refractivity contribution in [2.75, 3.05) is 13.2 Å². The highest BCUT2D eigenvalue weighted by molar-refractivity contribution is 6.30. The highest BCUT2D eigenvalue weighted by Gasteiger charge is 2.70. The molecule has 2 N–H and O–H groups in total. The first-order valence-electron chi connectivity index (χ1n) is 8.49. The van der Waals surface area contributed by atoms with Crippen molar-refractivity contribution in [3.05, 3.63) is 34.9 Å². The lowest BCUT2D eigenvalue weighted by Gasteiger charge is -2.25. The van der Waals surface area contributed by atoms with Gasteiger partial charge in [-0.05, 0) is 26.0 Å². The first kappa shape index (κ1) is 17.9. The molecule has 2 heterocycles. The number of likely N-dealkylation sites (tertiary alicyclic amines) is 1. The predicted octanol–water partition coefficient (Wildman–Crippen LogP) is 0.901. The van der Waals surface area contributed by atoms with Crippen molar-refractivity contribution in [2.45, 2.75) is 32.4 Å². The monoisotopic (exact) mass is 365 g/mol. The minimum absolute atomic E-state index is 0.221. The van der Waals surface area contributed by atoms with Crippen molar-refractivity contribution < 1.29 is 24.4 Å². The Kier molecular flexibility index (Phi) is 4.60. The maximum atomic E-state index is 12.9. The lowest BCUT2D eigenvalue weighted by atomic mass is 9.80. The maximum absolute atomic E-state index is 12.9. The average Bonchev–Trinajstić information content (AvgIpc) is 3.03. The summed E-state index contributed by atoms with van der Waals surface area (Å²) >= 11 is 5.96. The lowest BCUT2D eigenvalue weighted by molar-refractivity contribution is -0.731. The van der Waals surface area contributed by atoms with Gasteiger partial charge >= 0.3 is 5.97 Å². The summed E-state index contributed by atoms with van der Waals surface area (Å²) < 4.78 is 5.22. The second kappa shape index (κ2) is 6.42. The maximum Gasteiger partial charge on any atom is 0.368 e. The molecular weight excluding hydrogens is 344 g/mol. The van der Waals surface area contributed by atoms with Gasteiger partial charge in [-0.2, -0.15) is 0 Å². The predicted molar refractivity (Wildman–Crippen MR) is 90.5 cm³/mol. The second-order valence-electron chi connectivity index (χ2n) is 6.67. The highest BCUT2D eigenvalue weighted by atomic mass is 35.5. The van der Waals surface area contributed by atoms with E-state index >= 15 is 0 Å². The molecule has 2 saturated heterocycles. The van der Waals surface area contributed by atoms with E-state index < -0.39 is 23.3 Å². The van der Waals surface area contributed by atoms with Crippen LogP contribution in [0.4, 0.5) is 0 Å². The van der Waals surface area contributed by atoms with Crippen LogP contribution in [-0.4, -0.2) is 41.4 Å². The summed E-state index contributed by atoms with van der Waals surface area (Å²) in [6.07, 6.45) is 0. The van der Waals surface area contributed by atoms with Crippen molar-refractivity contribution in [3.8, 4) is 0 Å². The number of amides is 2. The normalized spacial score (nSPS) is 31.4. The Morgan fingerprint density at radius 2 is 1.88 bits per heavy atom. The summed E-state index contributed by atoms with van der Waals surface area (Å²) in [4.78, 5) is 39.6. The zero-order chi connectivity index (χ0) is 18.4. The number of hydrogen-bond donors (Lipinski definition) is 1. The number of benzene rings is 1. The van der Waals surface area contributed by atoms with Gasteiger partial charge in [-0.25, -0.2) is 4.79 Å². The van der Waals surface area contributed by atoms with Gasteiger partial charge < -0.3 is 10.1 Å². The number of rotatable bonds is 4. The first-order valence-corrected chi connectivity index (χ1v) is 8.86. The molecule has 0 aromatic heterocycles. The fraction of sp³-hybridized carbons (Fsp3) is 0.500. The van der Waals surface area contributed by atoms with E-state index in [0.717, 1.165) is 5.56 Å². The Morgan fingerprint density at radius 1 is 1.24 bits per heavy atom. The second-order valence-corrected chi connectivity index (χ2v) is 7.11. The molecular formula is C18H22ClN2O4+. The molecule has 0 bridgehead atoms. The number of esters is 1. The Bertz CT molecular complexity index is 720. The fourth-order valence-electron chi connectivity index (χ4n) is 4.11. The zero-order valence-corrected chi connectivity index (χ0v) is 15.2. The topological polar surface area (TPSA) is 80.3 Å². The molecule has 2 amide bonds. The smallest absolute Gasteiger partial charge is 0.368 e. The number of quaternary nitrogens is 1. The van der Waals surface area contributed by atoms with Crippen molar-refractivity contribution in [3.63, 3.8) is 0 Å². The molecule has 1 aromatic carbocycles. The molecule has 134 valence electrons. The number of fused-ring (bicyclic) bond motifs is 1. The van der Waals surface area contributed by atoms with Crippen LogP contribution in [0.1, 0.15) is 32.4 Å². The van der Waals surface area contributed by atoms with E-state index in [2.05, 4.69) is 0 Å². The number of imide groups is 1. The van der Waals surface area contributed by atoms with E-state index in [4.69, 9.17) is 16.3 Å². The first-order chi connectivity index (χ1) is 11.8. The third kappa shape index (κ3) is 2.64. The molecule has 0 unspecified atom stereocenters. The molecule has 7 heteroatoms. The Hall–Kier alpha value is -1.92. The number of ether oxygens (including phenoxy) is 1. The summed E-state index contributed by atoms with van der Waals surface area (Å²) in [6, 6.07) is 6.84. The van der Waals surface area contributed by atoms with Crippen LogP contribution in [0, 0.1) is 11.8 Å². The summed E-state index contributed by atoms with van der Waals surface area (Å²) in [7, 11) is 0. The van der Waals surface area contributed by atoms with Gasteiger partial charge in [-0.15, -0.1) is 0 Å². The number of carbonyl (C=O) groups excluding carboxylic acids is 3. The molecule has 2 aliphatic heterocycles. The van der Waals surface area contributed by atoms with Gasteiger partial charge in [0.15, 0.2) is 0 Å². The molecule has 0 radical (unpaired) electrons. The van der Waals surface area contributed by atoms with Crippen LogP contribution >= 0.6 is 11.6 Å². The standard InChI is InChI=1S/C18H21ClN2O4/c1-4-21-15(22)12-13(16(21)23)18(3,17(24)25-5-2)20-14(12)10-6-8-11(19)9-7-10/h6-9,12-14,20H,4-5H2,1-3H3/p+1/t12-,13+,14+,18+/m0/s1. The summed E-state index contributed by atoms with van der Waals surface area (Å²) in [5.41, 5.74) is -0.256. The van der Waals surface area contributed by atoms with Crippen LogP contribution < -0.4 is 5.32 Å². The Morgan fingerprint density at radius 3 is 2.44 bits per heavy atom. The van der Waals surface area contributed by atoms with Crippen LogP contribution in [0.5, 0.6) is 0 Å². The van der Waals surface area contributed by atoms with E-state index in [9.17, 15) is 14.4 Å². The van der Waals surface area contributed by atoms with E-state index in [1.807, 2.05) is 17.4 Å². The van der Waals surface area contributed by atoms with Gasteiger partial charge in [-0.3, -0.25) is 14.5 Å².